The number of carbonyl (C=O) groups is 1. The van der Waals surface area contributed by atoms with E-state index in [0.717, 1.165) is 42.7 Å². The van der Waals surface area contributed by atoms with Crippen LogP contribution in [0.25, 0.3) is 5.69 Å². The molecule has 0 N–H and O–H groups in total. The highest BCUT2D eigenvalue weighted by atomic mass is 16.5. The van der Waals surface area contributed by atoms with Gasteiger partial charge in [-0.1, -0.05) is 30.7 Å². The predicted octanol–water partition coefficient (Wildman–Crippen LogP) is 2.82. The molecule has 0 unspecified atom stereocenters. The summed E-state index contributed by atoms with van der Waals surface area (Å²) in [5, 5.41) is 8.06. The van der Waals surface area contributed by atoms with Gasteiger partial charge in [-0.2, -0.15) is 0 Å². The lowest BCUT2D eigenvalue weighted by Crippen LogP contribution is -2.06. The molecular weight excluding hydrogens is 254 g/mol. The third-order valence-corrected chi connectivity index (χ3v) is 3.07. The largest absolute Gasteiger partial charge is 0.492 e. The fourth-order valence-corrected chi connectivity index (χ4v) is 2.09. The number of benzene rings is 1. The van der Waals surface area contributed by atoms with Crippen LogP contribution in [-0.4, -0.2) is 27.9 Å². The summed E-state index contributed by atoms with van der Waals surface area (Å²) in [6, 6.07) is 7.65. The fourth-order valence-electron chi connectivity index (χ4n) is 2.09. The van der Waals surface area contributed by atoms with Crippen molar-refractivity contribution in [2.75, 3.05) is 6.61 Å². The van der Waals surface area contributed by atoms with Crippen molar-refractivity contribution < 1.29 is 9.53 Å². The van der Waals surface area contributed by atoms with E-state index in [1.165, 1.54) is 0 Å². The van der Waals surface area contributed by atoms with Crippen LogP contribution >= 0.6 is 0 Å². The summed E-state index contributed by atoms with van der Waals surface area (Å²) in [6.45, 7) is 4.63. The monoisotopic (exact) mass is 273 g/mol. The molecule has 0 amide bonds. The summed E-state index contributed by atoms with van der Waals surface area (Å²) >= 11 is 0. The molecule has 0 saturated heterocycles. The zero-order valence-corrected chi connectivity index (χ0v) is 11.9. The molecule has 0 aliphatic rings. The number of hydrogen-bond acceptors (Lipinski definition) is 4. The van der Waals surface area contributed by atoms with E-state index in [-0.39, 0.29) is 0 Å². The van der Waals surface area contributed by atoms with Crippen LogP contribution in [0.1, 0.15) is 42.9 Å². The number of aldehydes is 1. The van der Waals surface area contributed by atoms with Crippen LogP contribution in [0.4, 0.5) is 0 Å². The maximum Gasteiger partial charge on any atom is 0.172 e. The zero-order chi connectivity index (χ0) is 14.4. The maximum absolute atomic E-state index is 11.1. The van der Waals surface area contributed by atoms with E-state index >= 15 is 0 Å². The van der Waals surface area contributed by atoms with Crippen molar-refractivity contribution in [1.82, 2.24) is 15.0 Å². The zero-order valence-electron chi connectivity index (χ0n) is 11.9. The quantitative estimate of drug-likeness (QED) is 0.728. The first kappa shape index (κ1) is 14.2. The SMILES string of the molecule is CCCCc1c(C=O)nnn1-c1ccccc1OCC. The van der Waals surface area contributed by atoms with Crippen molar-refractivity contribution in [2.24, 2.45) is 0 Å². The third-order valence-electron chi connectivity index (χ3n) is 3.07. The summed E-state index contributed by atoms with van der Waals surface area (Å²) < 4.78 is 7.33. The van der Waals surface area contributed by atoms with Gasteiger partial charge in [0.2, 0.25) is 0 Å². The van der Waals surface area contributed by atoms with Crippen LogP contribution in [0.15, 0.2) is 24.3 Å². The summed E-state index contributed by atoms with van der Waals surface area (Å²) in [6.07, 6.45) is 3.58. The minimum absolute atomic E-state index is 0.407. The molecule has 5 heteroatoms. The number of nitrogens with zero attached hydrogens (tertiary/aromatic N) is 3. The van der Waals surface area contributed by atoms with E-state index in [0.29, 0.717) is 12.3 Å². The van der Waals surface area contributed by atoms with Gasteiger partial charge in [0, 0.05) is 0 Å². The molecule has 0 aliphatic heterocycles. The molecule has 0 saturated carbocycles. The molecule has 1 aromatic carbocycles. The lowest BCUT2D eigenvalue weighted by molar-refractivity contribution is 0.111. The highest BCUT2D eigenvalue weighted by Crippen LogP contribution is 2.24. The molecule has 0 aliphatic carbocycles. The molecule has 0 radical (unpaired) electrons. The highest BCUT2D eigenvalue weighted by molar-refractivity contribution is 5.73. The highest BCUT2D eigenvalue weighted by Gasteiger charge is 2.15. The Kier molecular flexibility index (Phi) is 4.87. The van der Waals surface area contributed by atoms with Gasteiger partial charge in [-0.25, -0.2) is 4.68 Å². The summed E-state index contributed by atoms with van der Waals surface area (Å²) in [5.41, 5.74) is 2.07. The van der Waals surface area contributed by atoms with Gasteiger partial charge in [0.05, 0.1) is 12.3 Å². The van der Waals surface area contributed by atoms with Gasteiger partial charge in [0.15, 0.2) is 6.29 Å². The Morgan fingerprint density at radius 2 is 2.10 bits per heavy atom. The van der Waals surface area contributed by atoms with Crippen LogP contribution in [0, 0.1) is 0 Å². The minimum atomic E-state index is 0.407. The molecule has 20 heavy (non-hydrogen) atoms. The van der Waals surface area contributed by atoms with Crippen molar-refractivity contribution in [3.05, 3.63) is 35.7 Å². The Labute approximate surface area is 118 Å². The van der Waals surface area contributed by atoms with E-state index in [4.69, 9.17) is 4.74 Å². The van der Waals surface area contributed by atoms with Gasteiger partial charge >= 0.3 is 0 Å². The maximum atomic E-state index is 11.1. The number of unbranched alkanes of at least 4 members (excludes halogenated alkanes) is 1. The molecule has 1 heterocycles. The standard InChI is InChI=1S/C15H19N3O2/c1-3-5-8-13-12(11-19)16-17-18(13)14-9-6-7-10-15(14)20-4-2/h6-7,9-11H,3-5,8H2,1-2H3. The third kappa shape index (κ3) is 2.87. The lowest BCUT2D eigenvalue weighted by atomic mass is 10.1. The van der Waals surface area contributed by atoms with E-state index in [1.54, 1.807) is 4.68 Å². The van der Waals surface area contributed by atoms with Crippen molar-refractivity contribution in [1.29, 1.82) is 0 Å². The Balaban J connectivity index is 2.46. The molecule has 2 rings (SSSR count). The van der Waals surface area contributed by atoms with Crippen LogP contribution in [0.3, 0.4) is 0 Å². The van der Waals surface area contributed by atoms with Crippen LogP contribution < -0.4 is 4.74 Å². The minimum Gasteiger partial charge on any atom is -0.492 e. The Morgan fingerprint density at radius 3 is 2.80 bits per heavy atom. The van der Waals surface area contributed by atoms with Gasteiger partial charge in [0.25, 0.3) is 0 Å². The first-order valence-corrected chi connectivity index (χ1v) is 6.93. The molecule has 0 fully saturated rings. The second-order valence-electron chi connectivity index (χ2n) is 4.46. The first-order chi connectivity index (χ1) is 9.81. The first-order valence-electron chi connectivity index (χ1n) is 6.93. The summed E-state index contributed by atoms with van der Waals surface area (Å²) in [4.78, 5) is 11.1. The molecule has 2 aromatic rings. The van der Waals surface area contributed by atoms with Gasteiger partial charge < -0.3 is 4.74 Å². The number of hydrogen-bond donors (Lipinski definition) is 0. The number of para-hydroxylation sites is 2. The fraction of sp³-hybridized carbons (Fsp3) is 0.400. The van der Waals surface area contributed by atoms with E-state index < -0.39 is 0 Å². The lowest BCUT2D eigenvalue weighted by Gasteiger charge is -2.11. The van der Waals surface area contributed by atoms with E-state index in [9.17, 15) is 4.79 Å². The van der Waals surface area contributed by atoms with Crippen molar-refractivity contribution in [3.63, 3.8) is 0 Å². The predicted molar refractivity (Wildman–Crippen MR) is 76.5 cm³/mol. The average molecular weight is 273 g/mol. The molecule has 0 bridgehead atoms. The van der Waals surface area contributed by atoms with Crippen molar-refractivity contribution in [3.8, 4) is 11.4 Å². The Bertz CT molecular complexity index is 578. The number of ether oxygens (including phenoxy) is 1. The number of carbonyl (C=O) groups excluding carboxylic acids is 1. The second-order valence-corrected chi connectivity index (χ2v) is 4.46. The molecular formula is C15H19N3O2. The molecule has 1 aromatic heterocycles. The van der Waals surface area contributed by atoms with E-state index in [2.05, 4.69) is 17.2 Å². The van der Waals surface area contributed by atoms with Crippen molar-refractivity contribution >= 4 is 6.29 Å². The van der Waals surface area contributed by atoms with E-state index in [1.807, 2.05) is 31.2 Å². The van der Waals surface area contributed by atoms with Gasteiger partial charge in [0.1, 0.15) is 17.1 Å². The van der Waals surface area contributed by atoms with Crippen molar-refractivity contribution in [2.45, 2.75) is 33.1 Å². The molecule has 5 nitrogen and oxygen atoms in total. The average Bonchev–Trinajstić information content (AvgIpc) is 2.88. The topological polar surface area (TPSA) is 57.0 Å². The van der Waals surface area contributed by atoms with Crippen LogP contribution in [0.2, 0.25) is 0 Å². The molecule has 0 spiro atoms. The van der Waals surface area contributed by atoms with Crippen LogP contribution in [-0.2, 0) is 6.42 Å². The van der Waals surface area contributed by atoms with Gasteiger partial charge in [-0.05, 0) is 31.9 Å². The smallest absolute Gasteiger partial charge is 0.172 e. The normalized spacial score (nSPS) is 10.5. The Hall–Kier alpha value is -2.17. The number of aromatic nitrogens is 3. The summed E-state index contributed by atoms with van der Waals surface area (Å²) in [5.74, 6) is 0.745. The molecule has 0 atom stereocenters. The van der Waals surface area contributed by atoms with Gasteiger partial charge in [-0.3, -0.25) is 4.79 Å². The Morgan fingerprint density at radius 1 is 1.30 bits per heavy atom. The second kappa shape index (κ2) is 6.84. The number of rotatable bonds is 7. The van der Waals surface area contributed by atoms with Crippen LogP contribution in [0.5, 0.6) is 5.75 Å². The summed E-state index contributed by atoms with van der Waals surface area (Å²) in [7, 11) is 0. The molecule has 106 valence electrons. The van der Waals surface area contributed by atoms with Gasteiger partial charge in [-0.15, -0.1) is 5.10 Å².